The van der Waals surface area contributed by atoms with Crippen molar-refractivity contribution in [3.05, 3.63) is 0 Å². The molecule has 1 N–H and O–H groups in total. The van der Waals surface area contributed by atoms with E-state index < -0.39 is 6.16 Å². The third-order valence-electron chi connectivity index (χ3n) is 1.36. The molecule has 0 bridgehead atoms. The van der Waals surface area contributed by atoms with E-state index >= 15 is 0 Å². The molecular weight excluding hydrogens is 160 g/mol. The van der Waals surface area contributed by atoms with Gasteiger partial charge in [-0.2, -0.15) is 0 Å². The molecule has 0 aromatic heterocycles. The van der Waals surface area contributed by atoms with Crippen LogP contribution in [0.15, 0.2) is 0 Å². The zero-order chi connectivity index (χ0) is 9.23. The van der Waals surface area contributed by atoms with Gasteiger partial charge in [0, 0.05) is 13.2 Å². The first-order valence-electron chi connectivity index (χ1n) is 4.20. The minimum atomic E-state index is -1.19. The predicted octanol–water partition coefficient (Wildman–Crippen LogP) is 1.89. The maximum Gasteiger partial charge on any atom is 0.505 e. The number of unbranched alkanes of at least 4 members (excludes halogenated alkanes) is 2. The molecule has 72 valence electrons. The molecule has 0 unspecified atom stereocenters. The quantitative estimate of drug-likeness (QED) is 0.475. The Morgan fingerprint density at radius 2 is 1.92 bits per heavy atom. The van der Waals surface area contributed by atoms with Gasteiger partial charge in [0.15, 0.2) is 0 Å². The van der Waals surface area contributed by atoms with Crippen LogP contribution in [-0.2, 0) is 9.47 Å². The second-order valence-corrected chi connectivity index (χ2v) is 2.37. The van der Waals surface area contributed by atoms with Crippen molar-refractivity contribution in [1.29, 1.82) is 0 Å². The van der Waals surface area contributed by atoms with Crippen molar-refractivity contribution in [3.8, 4) is 0 Å². The molecule has 0 radical (unpaired) electrons. The van der Waals surface area contributed by atoms with Crippen LogP contribution < -0.4 is 0 Å². The van der Waals surface area contributed by atoms with E-state index in [1.807, 2.05) is 6.92 Å². The minimum absolute atomic E-state index is 0.293. The third-order valence-corrected chi connectivity index (χ3v) is 1.36. The molecule has 0 aromatic carbocycles. The van der Waals surface area contributed by atoms with Crippen molar-refractivity contribution >= 4 is 6.16 Å². The van der Waals surface area contributed by atoms with Crippen molar-refractivity contribution in [2.24, 2.45) is 0 Å². The number of carbonyl (C=O) groups is 1. The molecule has 12 heavy (non-hydrogen) atoms. The average Bonchev–Trinajstić information content (AvgIpc) is 2.02. The van der Waals surface area contributed by atoms with Crippen LogP contribution >= 0.6 is 0 Å². The van der Waals surface area contributed by atoms with Crippen LogP contribution in [-0.4, -0.2) is 31.1 Å². The predicted molar refractivity (Wildman–Crippen MR) is 44.3 cm³/mol. The Balaban J connectivity index is 2.86. The van der Waals surface area contributed by atoms with Gasteiger partial charge in [0.1, 0.15) is 0 Å². The van der Waals surface area contributed by atoms with E-state index in [2.05, 4.69) is 4.74 Å². The Labute approximate surface area is 72.5 Å². The van der Waals surface area contributed by atoms with Gasteiger partial charge >= 0.3 is 6.16 Å². The lowest BCUT2D eigenvalue weighted by Gasteiger charge is -2.01. The smallest absolute Gasteiger partial charge is 0.450 e. The Hall–Kier alpha value is -0.770. The van der Waals surface area contributed by atoms with Crippen LogP contribution in [0.5, 0.6) is 0 Å². The topological polar surface area (TPSA) is 55.8 Å². The molecule has 0 saturated carbocycles. The molecule has 0 saturated heterocycles. The standard InChI is InChI=1S/C8H16O4/c1-2-11-6-4-3-5-7-12-8(9)10/h2-7H2,1H3,(H,9,10). The molecule has 0 aliphatic heterocycles. The summed E-state index contributed by atoms with van der Waals surface area (Å²) in [6, 6.07) is 0. The highest BCUT2D eigenvalue weighted by Crippen LogP contribution is 1.96. The van der Waals surface area contributed by atoms with Gasteiger partial charge in [-0.15, -0.1) is 0 Å². The molecule has 0 fully saturated rings. The van der Waals surface area contributed by atoms with Crippen LogP contribution in [0.1, 0.15) is 26.2 Å². The zero-order valence-electron chi connectivity index (χ0n) is 7.41. The molecule has 4 nitrogen and oxygen atoms in total. The summed E-state index contributed by atoms with van der Waals surface area (Å²) in [5.74, 6) is 0. The molecule has 0 aliphatic carbocycles. The number of hydrogen-bond acceptors (Lipinski definition) is 3. The Kier molecular flexibility index (Phi) is 7.79. The van der Waals surface area contributed by atoms with E-state index in [9.17, 15) is 4.79 Å². The lowest BCUT2D eigenvalue weighted by atomic mass is 10.2. The monoisotopic (exact) mass is 176 g/mol. The first kappa shape index (κ1) is 11.2. The molecule has 0 spiro atoms. The van der Waals surface area contributed by atoms with Crippen LogP contribution in [0.4, 0.5) is 4.79 Å². The van der Waals surface area contributed by atoms with Gasteiger partial charge in [-0.25, -0.2) is 4.79 Å². The average molecular weight is 176 g/mol. The lowest BCUT2D eigenvalue weighted by Crippen LogP contribution is -2.02. The first-order valence-corrected chi connectivity index (χ1v) is 4.20. The van der Waals surface area contributed by atoms with Gasteiger partial charge < -0.3 is 14.6 Å². The molecule has 0 aromatic rings. The molecular formula is C8H16O4. The van der Waals surface area contributed by atoms with Gasteiger partial charge in [-0.1, -0.05) is 0 Å². The highest BCUT2D eigenvalue weighted by Gasteiger charge is 1.95. The van der Waals surface area contributed by atoms with Gasteiger partial charge in [-0.3, -0.25) is 0 Å². The number of hydrogen-bond donors (Lipinski definition) is 1. The van der Waals surface area contributed by atoms with Crippen LogP contribution in [0.25, 0.3) is 0 Å². The third kappa shape index (κ3) is 9.23. The highest BCUT2D eigenvalue weighted by molar-refractivity contribution is 5.56. The summed E-state index contributed by atoms with van der Waals surface area (Å²) in [5.41, 5.74) is 0. The number of ether oxygens (including phenoxy) is 2. The summed E-state index contributed by atoms with van der Waals surface area (Å²) >= 11 is 0. The fraction of sp³-hybridized carbons (Fsp3) is 0.875. The van der Waals surface area contributed by atoms with Gasteiger partial charge in [0.05, 0.1) is 6.61 Å². The summed E-state index contributed by atoms with van der Waals surface area (Å²) < 4.78 is 9.43. The highest BCUT2D eigenvalue weighted by atomic mass is 16.7. The van der Waals surface area contributed by atoms with E-state index in [1.54, 1.807) is 0 Å². The Morgan fingerprint density at radius 3 is 2.50 bits per heavy atom. The molecule has 0 amide bonds. The van der Waals surface area contributed by atoms with Gasteiger partial charge in [0.2, 0.25) is 0 Å². The maximum absolute atomic E-state index is 9.89. The summed E-state index contributed by atoms with van der Waals surface area (Å²) in [6.07, 6.45) is 1.50. The molecule has 0 aliphatic rings. The van der Waals surface area contributed by atoms with E-state index in [4.69, 9.17) is 9.84 Å². The second-order valence-electron chi connectivity index (χ2n) is 2.37. The van der Waals surface area contributed by atoms with Crippen LogP contribution in [0, 0.1) is 0 Å². The van der Waals surface area contributed by atoms with Crippen LogP contribution in [0.3, 0.4) is 0 Å². The summed E-state index contributed by atoms with van der Waals surface area (Å²) in [4.78, 5) is 9.89. The summed E-state index contributed by atoms with van der Waals surface area (Å²) in [5, 5.41) is 8.11. The van der Waals surface area contributed by atoms with E-state index in [0.29, 0.717) is 6.61 Å². The molecule has 0 atom stereocenters. The summed E-state index contributed by atoms with van der Waals surface area (Å²) in [6.45, 7) is 3.74. The molecule has 4 heteroatoms. The minimum Gasteiger partial charge on any atom is -0.450 e. The van der Waals surface area contributed by atoms with Gasteiger partial charge in [0.25, 0.3) is 0 Å². The number of carboxylic acid groups (broad SMARTS) is 1. The zero-order valence-corrected chi connectivity index (χ0v) is 7.41. The fourth-order valence-corrected chi connectivity index (χ4v) is 0.787. The van der Waals surface area contributed by atoms with Crippen molar-refractivity contribution in [2.45, 2.75) is 26.2 Å². The van der Waals surface area contributed by atoms with Crippen molar-refractivity contribution in [1.82, 2.24) is 0 Å². The first-order chi connectivity index (χ1) is 5.77. The second kappa shape index (κ2) is 8.33. The Bertz CT molecular complexity index is 114. The van der Waals surface area contributed by atoms with Crippen molar-refractivity contribution in [2.75, 3.05) is 19.8 Å². The fourth-order valence-electron chi connectivity index (χ4n) is 0.787. The van der Waals surface area contributed by atoms with E-state index in [-0.39, 0.29) is 0 Å². The molecule has 0 rings (SSSR count). The van der Waals surface area contributed by atoms with Crippen molar-refractivity contribution < 1.29 is 19.4 Å². The largest absolute Gasteiger partial charge is 0.505 e. The van der Waals surface area contributed by atoms with E-state index in [1.165, 1.54) is 0 Å². The van der Waals surface area contributed by atoms with Crippen molar-refractivity contribution in [3.63, 3.8) is 0 Å². The SMILES string of the molecule is CCOCCCCCOC(=O)O. The maximum atomic E-state index is 9.89. The van der Waals surface area contributed by atoms with E-state index in [0.717, 1.165) is 32.5 Å². The normalized spacial score (nSPS) is 9.75. The lowest BCUT2D eigenvalue weighted by molar-refractivity contribution is 0.0885. The number of rotatable bonds is 7. The van der Waals surface area contributed by atoms with Crippen LogP contribution in [0.2, 0.25) is 0 Å². The Morgan fingerprint density at radius 1 is 1.25 bits per heavy atom. The summed E-state index contributed by atoms with van der Waals surface area (Å²) in [7, 11) is 0. The van der Waals surface area contributed by atoms with Gasteiger partial charge in [-0.05, 0) is 26.2 Å². The molecule has 0 heterocycles.